The summed E-state index contributed by atoms with van der Waals surface area (Å²) in [5, 5.41) is 3.51. The first-order valence-corrected chi connectivity index (χ1v) is 9.04. The predicted molar refractivity (Wildman–Crippen MR) is 98.4 cm³/mol. The van der Waals surface area contributed by atoms with Gasteiger partial charge in [0.05, 0.1) is 6.54 Å². The average Bonchev–Trinajstić information content (AvgIpc) is 2.85. The number of ether oxygens (including phenoxy) is 1. The van der Waals surface area contributed by atoms with Crippen LogP contribution in [0.1, 0.15) is 17.5 Å². The molecule has 6 heteroatoms. The minimum atomic E-state index is -0.818. The third kappa shape index (κ3) is 3.03. The van der Waals surface area contributed by atoms with E-state index in [1.165, 1.54) is 10.5 Å². The van der Waals surface area contributed by atoms with E-state index in [4.69, 9.17) is 16.3 Å². The summed E-state index contributed by atoms with van der Waals surface area (Å²) >= 11 is 5.93. The van der Waals surface area contributed by atoms with Crippen molar-refractivity contribution < 1.29 is 14.3 Å². The number of nitrogens with zero attached hydrogens (tertiary/aromatic N) is 1. The van der Waals surface area contributed by atoms with E-state index >= 15 is 0 Å². The topological polar surface area (TPSA) is 58.6 Å². The minimum absolute atomic E-state index is 0.160. The summed E-state index contributed by atoms with van der Waals surface area (Å²) < 4.78 is 5.62. The van der Waals surface area contributed by atoms with Crippen molar-refractivity contribution in [1.29, 1.82) is 0 Å². The number of rotatable bonds is 4. The third-order valence-corrected chi connectivity index (χ3v) is 5.29. The largest absolute Gasteiger partial charge is 0.492 e. The molecule has 1 unspecified atom stereocenters. The van der Waals surface area contributed by atoms with Crippen LogP contribution < -0.4 is 10.1 Å². The molecule has 0 aromatic heterocycles. The molecule has 4 rings (SSSR count). The zero-order chi connectivity index (χ0) is 18.1. The van der Waals surface area contributed by atoms with E-state index in [9.17, 15) is 9.59 Å². The van der Waals surface area contributed by atoms with Gasteiger partial charge in [-0.2, -0.15) is 0 Å². The SMILES string of the molecule is O=C1NC2(CCc3ccccc3C2)C(=O)N1CCOc1cccc(Cl)c1. The van der Waals surface area contributed by atoms with Crippen LogP contribution >= 0.6 is 11.6 Å². The highest BCUT2D eigenvalue weighted by molar-refractivity contribution is 6.30. The molecule has 3 amide bonds. The molecule has 0 bridgehead atoms. The van der Waals surface area contributed by atoms with Crippen LogP contribution in [0.2, 0.25) is 5.02 Å². The number of fused-ring (bicyclic) bond motifs is 1. The smallest absolute Gasteiger partial charge is 0.325 e. The lowest BCUT2D eigenvalue weighted by Crippen LogP contribution is -2.51. The first kappa shape index (κ1) is 16.9. The van der Waals surface area contributed by atoms with E-state index in [-0.39, 0.29) is 25.1 Å². The van der Waals surface area contributed by atoms with Gasteiger partial charge in [0.2, 0.25) is 0 Å². The first-order chi connectivity index (χ1) is 12.6. The van der Waals surface area contributed by atoms with Crippen LogP contribution in [0, 0.1) is 0 Å². The maximum Gasteiger partial charge on any atom is 0.325 e. The van der Waals surface area contributed by atoms with Crippen LogP contribution in [-0.4, -0.2) is 35.5 Å². The fourth-order valence-corrected chi connectivity index (χ4v) is 3.90. The first-order valence-electron chi connectivity index (χ1n) is 8.67. The second-order valence-electron chi connectivity index (χ2n) is 6.72. The lowest BCUT2D eigenvalue weighted by atomic mass is 9.78. The number of hydrogen-bond acceptors (Lipinski definition) is 3. The zero-order valence-corrected chi connectivity index (χ0v) is 15.0. The number of urea groups is 1. The Morgan fingerprint density at radius 1 is 1.12 bits per heavy atom. The van der Waals surface area contributed by atoms with Crippen LogP contribution in [0.15, 0.2) is 48.5 Å². The van der Waals surface area contributed by atoms with Gasteiger partial charge in [0, 0.05) is 11.4 Å². The Balaban J connectivity index is 1.43. The number of benzene rings is 2. The molecule has 0 radical (unpaired) electrons. The van der Waals surface area contributed by atoms with Gasteiger partial charge < -0.3 is 10.1 Å². The van der Waals surface area contributed by atoms with Gasteiger partial charge in [-0.1, -0.05) is 41.9 Å². The van der Waals surface area contributed by atoms with Crippen LogP contribution in [0.5, 0.6) is 5.75 Å². The number of carbonyl (C=O) groups excluding carboxylic acids is 2. The Morgan fingerprint density at radius 3 is 2.73 bits per heavy atom. The maximum atomic E-state index is 13.0. The van der Waals surface area contributed by atoms with Crippen molar-refractivity contribution in [1.82, 2.24) is 10.2 Å². The zero-order valence-electron chi connectivity index (χ0n) is 14.2. The van der Waals surface area contributed by atoms with Crippen molar-refractivity contribution in [2.24, 2.45) is 0 Å². The molecule has 1 heterocycles. The molecule has 134 valence electrons. The molecule has 2 aromatic rings. The molecular weight excluding hydrogens is 352 g/mol. The maximum absolute atomic E-state index is 13.0. The van der Waals surface area contributed by atoms with Gasteiger partial charge in [0.1, 0.15) is 17.9 Å². The predicted octanol–water partition coefficient (Wildman–Crippen LogP) is 3.20. The number of carbonyl (C=O) groups is 2. The standard InChI is InChI=1S/C20H19ClN2O3/c21-16-6-3-7-17(12-16)26-11-10-23-18(24)20(22-19(23)25)9-8-14-4-1-2-5-15(14)13-20/h1-7,12H,8-11,13H2,(H,22,25). The summed E-state index contributed by atoms with van der Waals surface area (Å²) in [5.41, 5.74) is 1.56. The lowest BCUT2D eigenvalue weighted by molar-refractivity contribution is -0.132. The molecule has 2 aliphatic rings. The number of nitrogens with one attached hydrogen (secondary N) is 1. The van der Waals surface area contributed by atoms with Gasteiger partial charge in [-0.05, 0) is 42.2 Å². The normalized spacial score (nSPS) is 21.7. The second kappa shape index (κ2) is 6.65. The summed E-state index contributed by atoms with van der Waals surface area (Å²) in [6.07, 6.45) is 1.95. The van der Waals surface area contributed by atoms with E-state index in [2.05, 4.69) is 11.4 Å². The number of hydrogen-bond donors (Lipinski definition) is 1. The fourth-order valence-electron chi connectivity index (χ4n) is 3.72. The highest BCUT2D eigenvalue weighted by Gasteiger charge is 2.52. The molecule has 1 atom stereocenters. The van der Waals surface area contributed by atoms with Crippen molar-refractivity contribution >= 4 is 23.5 Å². The number of aryl methyl sites for hydroxylation is 1. The van der Waals surface area contributed by atoms with E-state index < -0.39 is 5.54 Å². The number of amides is 3. The summed E-state index contributed by atoms with van der Waals surface area (Å²) in [6.45, 7) is 0.437. The molecule has 2 aromatic carbocycles. The summed E-state index contributed by atoms with van der Waals surface area (Å²) in [6, 6.07) is 14.8. The Hall–Kier alpha value is -2.53. The lowest BCUT2D eigenvalue weighted by Gasteiger charge is -2.32. The van der Waals surface area contributed by atoms with E-state index in [1.54, 1.807) is 24.3 Å². The molecule has 1 fully saturated rings. The molecule has 1 aliphatic heterocycles. The van der Waals surface area contributed by atoms with Crippen LogP contribution in [-0.2, 0) is 17.6 Å². The molecule has 1 spiro atoms. The average molecular weight is 371 g/mol. The van der Waals surface area contributed by atoms with Gasteiger partial charge in [0.25, 0.3) is 5.91 Å². The molecular formula is C20H19ClN2O3. The van der Waals surface area contributed by atoms with Gasteiger partial charge >= 0.3 is 6.03 Å². The minimum Gasteiger partial charge on any atom is -0.492 e. The van der Waals surface area contributed by atoms with Gasteiger partial charge in [-0.25, -0.2) is 4.79 Å². The Labute approximate surface area is 156 Å². The number of imide groups is 1. The molecule has 0 saturated carbocycles. The van der Waals surface area contributed by atoms with Crippen LogP contribution in [0.25, 0.3) is 0 Å². The van der Waals surface area contributed by atoms with Crippen molar-refractivity contribution in [3.05, 3.63) is 64.7 Å². The van der Waals surface area contributed by atoms with Gasteiger partial charge in [-0.3, -0.25) is 9.69 Å². The molecule has 26 heavy (non-hydrogen) atoms. The summed E-state index contributed by atoms with van der Waals surface area (Å²) in [4.78, 5) is 26.6. The monoisotopic (exact) mass is 370 g/mol. The molecule has 5 nitrogen and oxygen atoms in total. The Bertz CT molecular complexity index is 870. The molecule has 1 saturated heterocycles. The highest BCUT2D eigenvalue weighted by atomic mass is 35.5. The number of halogens is 1. The van der Waals surface area contributed by atoms with E-state index in [1.807, 2.05) is 18.2 Å². The fraction of sp³-hybridized carbons (Fsp3) is 0.300. The third-order valence-electron chi connectivity index (χ3n) is 5.06. The highest BCUT2D eigenvalue weighted by Crippen LogP contribution is 2.33. The van der Waals surface area contributed by atoms with Crippen molar-refractivity contribution in [2.75, 3.05) is 13.2 Å². The Kier molecular flexibility index (Phi) is 4.32. The van der Waals surface area contributed by atoms with Crippen molar-refractivity contribution in [2.45, 2.75) is 24.8 Å². The molecule has 1 aliphatic carbocycles. The second-order valence-corrected chi connectivity index (χ2v) is 7.16. The Morgan fingerprint density at radius 2 is 1.92 bits per heavy atom. The van der Waals surface area contributed by atoms with E-state index in [0.717, 1.165) is 12.0 Å². The summed E-state index contributed by atoms with van der Waals surface area (Å²) in [7, 11) is 0. The van der Waals surface area contributed by atoms with Gasteiger partial charge in [0.15, 0.2) is 0 Å². The van der Waals surface area contributed by atoms with Crippen molar-refractivity contribution in [3.8, 4) is 5.75 Å². The summed E-state index contributed by atoms with van der Waals surface area (Å²) in [5.74, 6) is 0.456. The van der Waals surface area contributed by atoms with Crippen LogP contribution in [0.4, 0.5) is 4.79 Å². The van der Waals surface area contributed by atoms with E-state index in [0.29, 0.717) is 23.6 Å². The quantitative estimate of drug-likeness (QED) is 0.841. The van der Waals surface area contributed by atoms with Crippen molar-refractivity contribution in [3.63, 3.8) is 0 Å². The van der Waals surface area contributed by atoms with Crippen LogP contribution in [0.3, 0.4) is 0 Å². The molecule has 1 N–H and O–H groups in total. The van der Waals surface area contributed by atoms with Gasteiger partial charge in [-0.15, -0.1) is 0 Å².